The molecule has 0 heterocycles. The van der Waals surface area contributed by atoms with Crippen LogP contribution in [0.3, 0.4) is 0 Å². The molecule has 2 rings (SSSR count). The third-order valence-electron chi connectivity index (χ3n) is 4.84. The van der Waals surface area contributed by atoms with Gasteiger partial charge in [-0.1, -0.05) is 63.4 Å². The Kier molecular flexibility index (Phi) is 6.13. The molecule has 1 atom stereocenters. The van der Waals surface area contributed by atoms with Gasteiger partial charge in [0, 0.05) is 11.1 Å². The maximum absolute atomic E-state index is 6.53. The molecule has 1 aromatic carbocycles. The molecule has 0 radical (unpaired) electrons. The van der Waals surface area contributed by atoms with E-state index in [1.165, 1.54) is 44.1 Å². The van der Waals surface area contributed by atoms with Crippen LogP contribution in [0.5, 0.6) is 0 Å². The number of hydrogen-bond acceptors (Lipinski definition) is 1. The van der Waals surface area contributed by atoms with Crippen molar-refractivity contribution in [2.45, 2.75) is 65.3 Å². The zero-order chi connectivity index (χ0) is 15.3. The molecule has 0 saturated heterocycles. The molecule has 2 heteroatoms. The predicted octanol–water partition coefficient (Wildman–Crippen LogP) is 5.99. The summed E-state index contributed by atoms with van der Waals surface area (Å²) in [5.74, 6) is 0.733. The first-order valence-electron chi connectivity index (χ1n) is 8.57. The fourth-order valence-electron chi connectivity index (χ4n) is 4.16. The van der Waals surface area contributed by atoms with Crippen molar-refractivity contribution in [2.75, 3.05) is 6.54 Å². The average Bonchev–Trinajstić information content (AvgIpc) is 2.89. The van der Waals surface area contributed by atoms with Crippen LogP contribution in [0.1, 0.15) is 70.9 Å². The molecular weight excluding hydrogens is 278 g/mol. The lowest BCUT2D eigenvalue weighted by Gasteiger charge is -2.40. The van der Waals surface area contributed by atoms with Crippen molar-refractivity contribution >= 4 is 11.6 Å². The number of hydrogen-bond donors (Lipinski definition) is 1. The average molecular weight is 308 g/mol. The van der Waals surface area contributed by atoms with Crippen LogP contribution in [-0.4, -0.2) is 6.54 Å². The highest BCUT2D eigenvalue weighted by molar-refractivity contribution is 6.31. The minimum atomic E-state index is 0.383. The highest BCUT2D eigenvalue weighted by Gasteiger charge is 2.42. The first-order chi connectivity index (χ1) is 10.1. The molecule has 1 aromatic rings. The van der Waals surface area contributed by atoms with E-state index in [1.807, 2.05) is 12.1 Å². The summed E-state index contributed by atoms with van der Waals surface area (Å²) >= 11 is 6.53. The second-order valence-electron chi connectivity index (χ2n) is 7.08. The van der Waals surface area contributed by atoms with Gasteiger partial charge < -0.3 is 5.32 Å². The summed E-state index contributed by atoms with van der Waals surface area (Å²) in [7, 11) is 0. The van der Waals surface area contributed by atoms with Gasteiger partial charge in [0.15, 0.2) is 0 Å². The Balaban J connectivity index is 2.35. The number of rotatable bonds is 7. The van der Waals surface area contributed by atoms with Gasteiger partial charge in [0.2, 0.25) is 0 Å². The normalized spacial score (nSPS) is 19.1. The molecule has 0 spiro atoms. The van der Waals surface area contributed by atoms with Gasteiger partial charge in [0.05, 0.1) is 0 Å². The third-order valence-corrected chi connectivity index (χ3v) is 5.19. The van der Waals surface area contributed by atoms with E-state index >= 15 is 0 Å². The molecular formula is C19H30ClN. The van der Waals surface area contributed by atoms with Crippen LogP contribution in [-0.2, 0) is 0 Å². The lowest BCUT2D eigenvalue weighted by atomic mass is 9.70. The topological polar surface area (TPSA) is 12.0 Å². The molecule has 1 nitrogen and oxygen atoms in total. The van der Waals surface area contributed by atoms with Gasteiger partial charge in [-0.25, -0.2) is 0 Å². The summed E-state index contributed by atoms with van der Waals surface area (Å²) in [4.78, 5) is 0. The molecule has 1 saturated carbocycles. The van der Waals surface area contributed by atoms with Gasteiger partial charge in [-0.05, 0) is 55.2 Å². The molecule has 1 fully saturated rings. The van der Waals surface area contributed by atoms with E-state index in [4.69, 9.17) is 11.6 Å². The molecule has 1 aliphatic carbocycles. The van der Waals surface area contributed by atoms with Gasteiger partial charge in [-0.15, -0.1) is 0 Å². The lowest BCUT2D eigenvalue weighted by Crippen LogP contribution is -2.38. The number of nitrogens with one attached hydrogen (secondary N) is 1. The van der Waals surface area contributed by atoms with Gasteiger partial charge in [-0.3, -0.25) is 0 Å². The highest BCUT2D eigenvalue weighted by Crippen LogP contribution is 2.52. The lowest BCUT2D eigenvalue weighted by molar-refractivity contribution is 0.155. The van der Waals surface area contributed by atoms with Gasteiger partial charge >= 0.3 is 0 Å². The third kappa shape index (κ3) is 4.02. The Bertz CT molecular complexity index is 435. The highest BCUT2D eigenvalue weighted by atomic mass is 35.5. The van der Waals surface area contributed by atoms with Crippen molar-refractivity contribution in [1.82, 2.24) is 5.32 Å². The monoisotopic (exact) mass is 307 g/mol. The summed E-state index contributed by atoms with van der Waals surface area (Å²) in [6.45, 7) is 8.00. The van der Waals surface area contributed by atoms with E-state index in [0.717, 1.165) is 17.5 Å². The van der Waals surface area contributed by atoms with E-state index in [0.29, 0.717) is 11.5 Å². The Morgan fingerprint density at radius 3 is 2.43 bits per heavy atom. The van der Waals surface area contributed by atoms with Crippen molar-refractivity contribution in [2.24, 2.45) is 11.3 Å². The number of benzene rings is 1. The quantitative estimate of drug-likeness (QED) is 0.652. The second kappa shape index (κ2) is 7.65. The van der Waals surface area contributed by atoms with Crippen LogP contribution in [0.25, 0.3) is 0 Å². The van der Waals surface area contributed by atoms with E-state index in [-0.39, 0.29) is 0 Å². The van der Waals surface area contributed by atoms with Crippen LogP contribution < -0.4 is 5.32 Å². The molecule has 21 heavy (non-hydrogen) atoms. The summed E-state index contributed by atoms with van der Waals surface area (Å²) in [6, 6.07) is 8.81. The Labute approximate surface area is 135 Å². The maximum atomic E-state index is 6.53. The Morgan fingerprint density at radius 2 is 1.86 bits per heavy atom. The SMILES string of the molecule is CCCNC(c1ccccc1Cl)C1(CC(C)C)CCCC1. The largest absolute Gasteiger partial charge is 0.309 e. The molecule has 118 valence electrons. The number of halogens is 1. The molecule has 0 aromatic heterocycles. The van der Waals surface area contributed by atoms with Crippen molar-refractivity contribution in [1.29, 1.82) is 0 Å². The molecule has 0 amide bonds. The molecule has 1 N–H and O–H groups in total. The summed E-state index contributed by atoms with van der Waals surface area (Å²) < 4.78 is 0. The Hall–Kier alpha value is -0.530. The minimum Gasteiger partial charge on any atom is -0.309 e. The van der Waals surface area contributed by atoms with Gasteiger partial charge in [0.25, 0.3) is 0 Å². The van der Waals surface area contributed by atoms with E-state index in [1.54, 1.807) is 0 Å². The fourth-order valence-corrected chi connectivity index (χ4v) is 4.40. The van der Waals surface area contributed by atoms with Gasteiger partial charge in [0.1, 0.15) is 0 Å². The molecule has 1 unspecified atom stereocenters. The summed E-state index contributed by atoms with van der Waals surface area (Å²) in [5, 5.41) is 4.75. The molecule has 1 aliphatic rings. The smallest absolute Gasteiger partial charge is 0.0454 e. The molecule has 0 bridgehead atoms. The van der Waals surface area contributed by atoms with Gasteiger partial charge in [-0.2, -0.15) is 0 Å². The zero-order valence-corrected chi connectivity index (χ0v) is 14.5. The Morgan fingerprint density at radius 1 is 1.19 bits per heavy atom. The van der Waals surface area contributed by atoms with Crippen LogP contribution in [0.4, 0.5) is 0 Å². The summed E-state index contributed by atoms with van der Waals surface area (Å²) in [5.41, 5.74) is 1.68. The van der Waals surface area contributed by atoms with E-state index in [9.17, 15) is 0 Å². The fraction of sp³-hybridized carbons (Fsp3) is 0.684. The minimum absolute atomic E-state index is 0.383. The van der Waals surface area contributed by atoms with Crippen molar-refractivity contribution in [3.63, 3.8) is 0 Å². The summed E-state index contributed by atoms with van der Waals surface area (Å²) in [6.07, 6.45) is 7.84. The molecule has 0 aliphatic heterocycles. The van der Waals surface area contributed by atoms with Crippen LogP contribution in [0.15, 0.2) is 24.3 Å². The first kappa shape index (κ1) is 16.8. The van der Waals surface area contributed by atoms with Crippen molar-refractivity contribution < 1.29 is 0 Å². The van der Waals surface area contributed by atoms with E-state index in [2.05, 4.69) is 38.2 Å². The van der Waals surface area contributed by atoms with Crippen LogP contribution in [0, 0.1) is 11.3 Å². The van der Waals surface area contributed by atoms with Crippen molar-refractivity contribution in [3.8, 4) is 0 Å². The predicted molar refractivity (Wildman–Crippen MR) is 92.8 cm³/mol. The zero-order valence-electron chi connectivity index (χ0n) is 13.8. The second-order valence-corrected chi connectivity index (χ2v) is 7.48. The van der Waals surface area contributed by atoms with Crippen LogP contribution in [0.2, 0.25) is 5.02 Å². The first-order valence-corrected chi connectivity index (χ1v) is 8.94. The van der Waals surface area contributed by atoms with Crippen molar-refractivity contribution in [3.05, 3.63) is 34.9 Å². The maximum Gasteiger partial charge on any atom is 0.0454 e. The van der Waals surface area contributed by atoms with E-state index < -0.39 is 0 Å². The van der Waals surface area contributed by atoms with Crippen LogP contribution >= 0.6 is 11.6 Å². The standard InChI is InChI=1S/C19H30ClN/c1-4-13-21-18(16-9-5-6-10-17(16)20)19(14-15(2)3)11-7-8-12-19/h5-6,9-10,15,18,21H,4,7-8,11-14H2,1-3H3.